The predicted octanol–water partition coefficient (Wildman–Crippen LogP) is 5.88. The minimum absolute atomic E-state index is 0.232. The third-order valence-corrected chi connectivity index (χ3v) is 8.44. The molecule has 0 spiro atoms. The van der Waals surface area contributed by atoms with Crippen LogP contribution in [0.25, 0.3) is 0 Å². The molecule has 1 nitrogen and oxygen atoms in total. The van der Waals surface area contributed by atoms with Crippen molar-refractivity contribution < 1.29 is 0 Å². The normalized spacial score (nSPS) is 32.9. The lowest BCUT2D eigenvalue weighted by atomic mass is 9.66. The van der Waals surface area contributed by atoms with E-state index >= 15 is 0 Å². The summed E-state index contributed by atoms with van der Waals surface area (Å²) < 4.78 is 2.32. The van der Waals surface area contributed by atoms with Gasteiger partial charge in [-0.2, -0.15) is 0 Å². The zero-order chi connectivity index (χ0) is 13.4. The molecule has 1 heterocycles. The molecule has 4 unspecified atom stereocenters. The predicted molar refractivity (Wildman–Crippen MR) is 89.4 cm³/mol. The first-order valence-corrected chi connectivity index (χ1v) is 9.75. The molecule has 3 rings (SSSR count). The second-order valence-electron chi connectivity index (χ2n) is 6.17. The Kier molecular flexibility index (Phi) is 4.72. The lowest BCUT2D eigenvalue weighted by Crippen LogP contribution is -2.32. The average molecular weight is 407 g/mol. The highest BCUT2D eigenvalue weighted by atomic mass is 79.9. The maximum absolute atomic E-state index is 6.54. The molecule has 1 aromatic heterocycles. The van der Waals surface area contributed by atoms with Crippen LogP contribution in [-0.4, -0.2) is 0 Å². The highest BCUT2D eigenvalue weighted by Gasteiger charge is 2.35. The van der Waals surface area contributed by atoms with Gasteiger partial charge in [0.15, 0.2) is 0 Å². The molecule has 2 aliphatic rings. The summed E-state index contributed by atoms with van der Waals surface area (Å²) in [5, 5.41) is 0. The number of rotatable bonds is 2. The van der Waals surface area contributed by atoms with E-state index in [-0.39, 0.29) is 6.04 Å². The molecule has 0 amide bonds. The molecule has 1 aromatic rings. The number of hydrogen-bond donors (Lipinski definition) is 1. The van der Waals surface area contributed by atoms with Gasteiger partial charge in [-0.15, -0.1) is 11.3 Å². The van der Waals surface area contributed by atoms with Crippen LogP contribution in [-0.2, 0) is 0 Å². The van der Waals surface area contributed by atoms with E-state index in [1.54, 1.807) is 11.3 Å². The number of hydrogen-bond acceptors (Lipinski definition) is 2. The summed E-state index contributed by atoms with van der Waals surface area (Å²) in [5.74, 6) is 2.67. The van der Waals surface area contributed by atoms with Gasteiger partial charge >= 0.3 is 0 Å². The van der Waals surface area contributed by atoms with Gasteiger partial charge in [0.25, 0.3) is 0 Å². The molecular weight excluding hydrogens is 386 g/mol. The van der Waals surface area contributed by atoms with Crippen molar-refractivity contribution in [2.45, 2.75) is 51.0 Å². The monoisotopic (exact) mass is 405 g/mol. The lowest BCUT2D eigenvalue weighted by Gasteiger charge is -2.41. The maximum Gasteiger partial charge on any atom is 0.0843 e. The quantitative estimate of drug-likeness (QED) is 0.651. The minimum Gasteiger partial charge on any atom is -0.323 e. The summed E-state index contributed by atoms with van der Waals surface area (Å²) in [6.45, 7) is 0. The van der Waals surface area contributed by atoms with Crippen LogP contribution in [0.1, 0.15) is 55.9 Å². The van der Waals surface area contributed by atoms with Crippen molar-refractivity contribution in [3.63, 3.8) is 0 Å². The van der Waals surface area contributed by atoms with E-state index in [1.807, 2.05) is 0 Å². The summed E-state index contributed by atoms with van der Waals surface area (Å²) in [6, 6.07) is 2.43. The van der Waals surface area contributed by atoms with Crippen LogP contribution in [0.3, 0.4) is 0 Å². The standard InChI is InChI=1S/C15H21Br2NS/c16-12-8-13(19-15(12)17)14(18)11-6-5-9-3-1-2-4-10(9)7-11/h8-11,14H,1-7,18H2. The maximum atomic E-state index is 6.54. The van der Waals surface area contributed by atoms with Crippen LogP contribution in [0.2, 0.25) is 0 Å². The van der Waals surface area contributed by atoms with Crippen LogP contribution in [0.5, 0.6) is 0 Å². The van der Waals surface area contributed by atoms with Crippen LogP contribution < -0.4 is 5.73 Å². The summed E-state index contributed by atoms with van der Waals surface area (Å²) in [4.78, 5) is 1.33. The van der Waals surface area contributed by atoms with Gasteiger partial charge in [-0.1, -0.05) is 25.7 Å². The third-order valence-electron chi connectivity index (χ3n) is 5.08. The topological polar surface area (TPSA) is 26.0 Å². The average Bonchev–Trinajstić information content (AvgIpc) is 2.77. The Morgan fingerprint density at radius 2 is 1.84 bits per heavy atom. The number of halogens is 2. The molecule has 106 valence electrons. The van der Waals surface area contributed by atoms with E-state index in [9.17, 15) is 0 Å². The van der Waals surface area contributed by atoms with Crippen molar-refractivity contribution in [3.8, 4) is 0 Å². The van der Waals surface area contributed by atoms with Crippen LogP contribution >= 0.6 is 43.2 Å². The highest BCUT2D eigenvalue weighted by Crippen LogP contribution is 2.47. The summed E-state index contributed by atoms with van der Waals surface area (Å²) >= 11 is 8.94. The van der Waals surface area contributed by atoms with Crippen molar-refractivity contribution in [3.05, 3.63) is 19.2 Å². The Labute approximate surface area is 136 Å². The fourth-order valence-corrected chi connectivity index (χ4v) is 6.18. The highest BCUT2D eigenvalue weighted by molar-refractivity contribution is 9.13. The first-order valence-electron chi connectivity index (χ1n) is 7.35. The fourth-order valence-electron chi connectivity index (χ4n) is 4.00. The summed E-state index contributed by atoms with van der Waals surface area (Å²) in [7, 11) is 0. The van der Waals surface area contributed by atoms with Crippen molar-refractivity contribution in [2.24, 2.45) is 23.5 Å². The van der Waals surface area contributed by atoms with E-state index < -0.39 is 0 Å². The van der Waals surface area contributed by atoms with E-state index in [0.29, 0.717) is 5.92 Å². The zero-order valence-electron chi connectivity index (χ0n) is 11.1. The first-order chi connectivity index (χ1) is 9.15. The number of thiophene rings is 1. The van der Waals surface area contributed by atoms with Crippen molar-refractivity contribution >= 4 is 43.2 Å². The van der Waals surface area contributed by atoms with Gasteiger partial charge in [-0.05, 0) is 74.9 Å². The largest absolute Gasteiger partial charge is 0.323 e. The molecule has 0 bridgehead atoms. The lowest BCUT2D eigenvalue weighted by molar-refractivity contribution is 0.118. The Morgan fingerprint density at radius 1 is 1.11 bits per heavy atom. The van der Waals surface area contributed by atoms with Gasteiger partial charge in [0.05, 0.1) is 3.79 Å². The molecule has 0 aromatic carbocycles. The van der Waals surface area contributed by atoms with Crippen molar-refractivity contribution in [1.82, 2.24) is 0 Å². The first kappa shape index (κ1) is 14.6. The molecule has 0 radical (unpaired) electrons. The second-order valence-corrected chi connectivity index (χ2v) is 9.43. The van der Waals surface area contributed by atoms with Gasteiger partial charge in [0.2, 0.25) is 0 Å². The third kappa shape index (κ3) is 3.12. The summed E-state index contributed by atoms with van der Waals surface area (Å²) in [5.41, 5.74) is 6.54. The molecule has 19 heavy (non-hydrogen) atoms. The van der Waals surface area contributed by atoms with Gasteiger partial charge in [-0.25, -0.2) is 0 Å². The van der Waals surface area contributed by atoms with Gasteiger partial charge in [0.1, 0.15) is 0 Å². The Balaban J connectivity index is 1.68. The number of fused-ring (bicyclic) bond motifs is 1. The Bertz CT molecular complexity index is 426. The smallest absolute Gasteiger partial charge is 0.0843 e. The van der Waals surface area contributed by atoms with Crippen LogP contribution in [0.15, 0.2) is 14.3 Å². The second kappa shape index (κ2) is 6.17. The van der Waals surface area contributed by atoms with Crippen LogP contribution in [0.4, 0.5) is 0 Å². The Hall–Kier alpha value is 0.620. The van der Waals surface area contributed by atoms with Gasteiger partial charge in [0, 0.05) is 15.4 Å². The molecule has 2 fully saturated rings. The van der Waals surface area contributed by atoms with Crippen molar-refractivity contribution in [2.75, 3.05) is 0 Å². The Morgan fingerprint density at radius 3 is 2.53 bits per heavy atom. The van der Waals surface area contributed by atoms with Gasteiger partial charge < -0.3 is 5.73 Å². The molecule has 2 saturated carbocycles. The van der Waals surface area contributed by atoms with Gasteiger partial charge in [-0.3, -0.25) is 0 Å². The number of nitrogens with two attached hydrogens (primary N) is 1. The minimum atomic E-state index is 0.232. The van der Waals surface area contributed by atoms with Crippen molar-refractivity contribution in [1.29, 1.82) is 0 Å². The van der Waals surface area contributed by atoms with Crippen LogP contribution in [0, 0.1) is 17.8 Å². The van der Waals surface area contributed by atoms with E-state index in [4.69, 9.17) is 5.73 Å². The molecular formula is C15H21Br2NS. The summed E-state index contributed by atoms with van der Waals surface area (Å²) in [6.07, 6.45) is 9.93. The molecule has 0 aliphatic heterocycles. The molecule has 0 saturated heterocycles. The fraction of sp³-hybridized carbons (Fsp3) is 0.733. The zero-order valence-corrected chi connectivity index (χ0v) is 15.1. The molecule has 4 heteroatoms. The van der Waals surface area contributed by atoms with E-state index in [1.165, 1.54) is 53.6 Å². The molecule has 2 N–H and O–H groups in total. The van der Waals surface area contributed by atoms with E-state index in [2.05, 4.69) is 37.9 Å². The SMILES string of the molecule is NC(c1cc(Br)c(Br)s1)C1CCC2CCCCC2C1. The molecule has 4 atom stereocenters. The van der Waals surface area contributed by atoms with E-state index in [0.717, 1.165) is 16.3 Å². The molecule has 2 aliphatic carbocycles.